The van der Waals surface area contributed by atoms with Crippen molar-refractivity contribution >= 4 is 16.1 Å². The SMILES string of the molecule is CC1CN(S(=O)(=O)N2CCN(C(=O)Cn3nc4n(c3=O)CCCCC4)CC2)CC(C)O1. The molecule has 0 saturated carbocycles. The van der Waals surface area contributed by atoms with Crippen LogP contribution in [0.2, 0.25) is 0 Å². The number of ether oxygens (including phenoxy) is 1. The lowest BCUT2D eigenvalue weighted by atomic mass is 10.2. The Labute approximate surface area is 182 Å². The van der Waals surface area contributed by atoms with Gasteiger partial charge in [0.25, 0.3) is 10.2 Å². The maximum Gasteiger partial charge on any atom is 0.346 e. The molecular weight excluding hydrogens is 424 g/mol. The summed E-state index contributed by atoms with van der Waals surface area (Å²) in [6, 6.07) is 0. The summed E-state index contributed by atoms with van der Waals surface area (Å²) in [5.74, 6) is 0.543. The number of amides is 1. The van der Waals surface area contributed by atoms with Crippen LogP contribution in [-0.2, 0) is 39.3 Å². The van der Waals surface area contributed by atoms with Crippen molar-refractivity contribution in [3.05, 3.63) is 16.3 Å². The Hall–Kier alpha value is -1.76. The molecule has 1 amide bonds. The van der Waals surface area contributed by atoms with Gasteiger partial charge in [-0.2, -0.15) is 22.1 Å². The highest BCUT2D eigenvalue weighted by Gasteiger charge is 2.37. The van der Waals surface area contributed by atoms with Gasteiger partial charge in [0.15, 0.2) is 0 Å². The van der Waals surface area contributed by atoms with E-state index in [-0.39, 0.29) is 43.4 Å². The Morgan fingerprint density at radius 2 is 1.68 bits per heavy atom. The number of hydrogen-bond acceptors (Lipinski definition) is 6. The second-order valence-electron chi connectivity index (χ2n) is 8.68. The molecule has 0 radical (unpaired) electrons. The third-order valence-corrected chi connectivity index (χ3v) is 8.17. The molecule has 0 N–H and O–H groups in total. The lowest BCUT2D eigenvalue weighted by molar-refractivity contribution is -0.133. The van der Waals surface area contributed by atoms with Gasteiger partial charge in [0.1, 0.15) is 12.4 Å². The van der Waals surface area contributed by atoms with Crippen LogP contribution in [0.15, 0.2) is 4.79 Å². The van der Waals surface area contributed by atoms with Crippen LogP contribution < -0.4 is 5.69 Å². The van der Waals surface area contributed by atoms with Crippen molar-refractivity contribution in [1.82, 2.24) is 27.9 Å². The molecule has 1 aromatic heterocycles. The topological polar surface area (TPSA) is 110 Å². The lowest BCUT2D eigenvalue weighted by Gasteiger charge is -2.40. The predicted molar refractivity (Wildman–Crippen MR) is 113 cm³/mol. The van der Waals surface area contributed by atoms with Crippen LogP contribution in [0.25, 0.3) is 0 Å². The maximum absolute atomic E-state index is 13.0. The van der Waals surface area contributed by atoms with E-state index in [4.69, 9.17) is 4.74 Å². The number of nitrogens with zero attached hydrogens (tertiary/aromatic N) is 6. The molecule has 174 valence electrons. The molecular formula is C19H32N6O5S. The van der Waals surface area contributed by atoms with Crippen LogP contribution in [0.3, 0.4) is 0 Å². The average Bonchev–Trinajstić information content (AvgIpc) is 2.89. The first-order valence-corrected chi connectivity index (χ1v) is 12.5. The molecule has 11 nitrogen and oxygen atoms in total. The Morgan fingerprint density at radius 1 is 1.00 bits per heavy atom. The number of morpholine rings is 1. The number of aryl methyl sites for hydroxylation is 1. The van der Waals surface area contributed by atoms with Gasteiger partial charge in [-0.1, -0.05) is 6.42 Å². The molecule has 12 heteroatoms. The fraction of sp³-hybridized carbons (Fsp3) is 0.842. The van der Waals surface area contributed by atoms with Gasteiger partial charge in [-0.05, 0) is 26.7 Å². The zero-order chi connectivity index (χ0) is 22.2. The molecule has 1 aromatic rings. The van der Waals surface area contributed by atoms with E-state index in [1.165, 1.54) is 13.3 Å². The van der Waals surface area contributed by atoms with E-state index in [9.17, 15) is 18.0 Å². The monoisotopic (exact) mass is 456 g/mol. The summed E-state index contributed by atoms with van der Waals surface area (Å²) in [7, 11) is -3.59. The van der Waals surface area contributed by atoms with E-state index in [0.29, 0.717) is 32.7 Å². The van der Waals surface area contributed by atoms with Crippen molar-refractivity contribution < 1.29 is 17.9 Å². The molecule has 2 fully saturated rings. The number of hydrogen-bond donors (Lipinski definition) is 0. The Bertz CT molecular complexity index is 955. The van der Waals surface area contributed by atoms with E-state index in [2.05, 4.69) is 5.10 Å². The van der Waals surface area contributed by atoms with Gasteiger partial charge in [-0.3, -0.25) is 9.36 Å². The molecule has 2 atom stereocenters. The minimum absolute atomic E-state index is 0.107. The van der Waals surface area contributed by atoms with Gasteiger partial charge < -0.3 is 9.64 Å². The van der Waals surface area contributed by atoms with Gasteiger partial charge in [-0.25, -0.2) is 9.48 Å². The van der Waals surface area contributed by atoms with Crippen LogP contribution >= 0.6 is 0 Å². The van der Waals surface area contributed by atoms with Crippen molar-refractivity contribution in [2.75, 3.05) is 39.3 Å². The highest BCUT2D eigenvalue weighted by atomic mass is 32.2. The maximum atomic E-state index is 13.0. The van der Waals surface area contributed by atoms with E-state index in [1.54, 1.807) is 9.47 Å². The van der Waals surface area contributed by atoms with Crippen molar-refractivity contribution in [3.8, 4) is 0 Å². The molecule has 0 aromatic carbocycles. The van der Waals surface area contributed by atoms with Gasteiger partial charge in [-0.15, -0.1) is 0 Å². The third kappa shape index (κ3) is 4.71. The van der Waals surface area contributed by atoms with Crippen LogP contribution in [0.1, 0.15) is 38.9 Å². The summed E-state index contributed by atoms with van der Waals surface area (Å²) >= 11 is 0. The number of carbonyl (C=O) groups is 1. The second kappa shape index (κ2) is 9.00. The van der Waals surface area contributed by atoms with Crippen LogP contribution in [-0.4, -0.2) is 93.7 Å². The average molecular weight is 457 g/mol. The third-order valence-electron chi connectivity index (χ3n) is 6.20. The first-order valence-electron chi connectivity index (χ1n) is 11.1. The number of fused-ring (bicyclic) bond motifs is 1. The number of rotatable bonds is 4. The summed E-state index contributed by atoms with van der Waals surface area (Å²) < 4.78 is 37.5. The molecule has 4 heterocycles. The molecule has 3 aliphatic heterocycles. The molecule has 0 bridgehead atoms. The minimum atomic E-state index is -3.59. The molecule has 0 aliphatic carbocycles. The highest BCUT2D eigenvalue weighted by Crippen LogP contribution is 2.19. The minimum Gasteiger partial charge on any atom is -0.373 e. The smallest absolute Gasteiger partial charge is 0.346 e. The van der Waals surface area contributed by atoms with Crippen LogP contribution in [0.5, 0.6) is 0 Å². The van der Waals surface area contributed by atoms with Gasteiger partial charge >= 0.3 is 5.69 Å². The quantitative estimate of drug-likeness (QED) is 0.591. The molecule has 0 spiro atoms. The number of aromatic nitrogens is 3. The van der Waals surface area contributed by atoms with Gasteiger partial charge in [0, 0.05) is 52.2 Å². The normalized spacial score (nSPS) is 26.5. The van der Waals surface area contributed by atoms with Crippen LogP contribution in [0.4, 0.5) is 0 Å². The Morgan fingerprint density at radius 3 is 2.35 bits per heavy atom. The van der Waals surface area contributed by atoms with Crippen molar-refractivity contribution in [2.24, 2.45) is 0 Å². The zero-order valence-electron chi connectivity index (χ0n) is 18.3. The molecule has 2 unspecified atom stereocenters. The lowest BCUT2D eigenvalue weighted by Crippen LogP contribution is -2.58. The molecule has 3 aliphatic rings. The van der Waals surface area contributed by atoms with E-state index in [0.717, 1.165) is 31.5 Å². The fourth-order valence-corrected chi connectivity index (χ4v) is 6.35. The van der Waals surface area contributed by atoms with E-state index in [1.807, 2.05) is 13.8 Å². The number of piperazine rings is 1. The van der Waals surface area contributed by atoms with Crippen molar-refractivity contribution in [2.45, 2.75) is 64.8 Å². The van der Waals surface area contributed by atoms with Gasteiger partial charge in [0.2, 0.25) is 5.91 Å². The highest BCUT2D eigenvalue weighted by molar-refractivity contribution is 7.86. The van der Waals surface area contributed by atoms with E-state index >= 15 is 0 Å². The Balaban J connectivity index is 1.36. The summed E-state index contributed by atoms with van der Waals surface area (Å²) in [5, 5.41) is 4.37. The first kappa shape index (κ1) is 22.4. The fourth-order valence-electron chi connectivity index (χ4n) is 4.61. The second-order valence-corrected chi connectivity index (χ2v) is 10.6. The zero-order valence-corrected chi connectivity index (χ0v) is 19.1. The predicted octanol–water partition coefficient (Wildman–Crippen LogP) is -0.731. The van der Waals surface area contributed by atoms with Crippen molar-refractivity contribution in [3.63, 3.8) is 0 Å². The largest absolute Gasteiger partial charge is 0.373 e. The Kier molecular flexibility index (Phi) is 6.52. The summed E-state index contributed by atoms with van der Waals surface area (Å²) in [5.41, 5.74) is -0.234. The molecule has 2 saturated heterocycles. The molecule has 31 heavy (non-hydrogen) atoms. The number of carbonyl (C=O) groups excluding carboxylic acids is 1. The van der Waals surface area contributed by atoms with Crippen molar-refractivity contribution in [1.29, 1.82) is 0 Å². The molecule has 4 rings (SSSR count). The summed E-state index contributed by atoms with van der Waals surface area (Å²) in [4.78, 5) is 27.0. The van der Waals surface area contributed by atoms with Crippen LogP contribution in [0, 0.1) is 0 Å². The van der Waals surface area contributed by atoms with Gasteiger partial charge in [0.05, 0.1) is 12.2 Å². The first-order chi connectivity index (χ1) is 14.8. The summed E-state index contributed by atoms with van der Waals surface area (Å²) in [6.45, 7) is 6.02. The summed E-state index contributed by atoms with van der Waals surface area (Å²) in [6.07, 6.45) is 3.49. The standard InChI is InChI=1S/C19H32N6O5S/c1-15-12-23(13-16(2)30-15)31(28,29)22-10-8-21(9-11-22)18(26)14-25-19(27)24-7-5-3-4-6-17(24)20-25/h15-16H,3-14H2,1-2H3. The van der Waals surface area contributed by atoms with E-state index < -0.39 is 10.2 Å².